The average Bonchev–Trinajstić information content (AvgIpc) is 3.92. The lowest BCUT2D eigenvalue weighted by molar-refractivity contribution is -0.385. The minimum absolute atomic E-state index is 0.0137. The molecule has 0 saturated carbocycles. The number of fused-ring (bicyclic) bond motifs is 1. The summed E-state index contributed by atoms with van der Waals surface area (Å²) >= 11 is 0. The molecule has 4 aromatic carbocycles. The van der Waals surface area contributed by atoms with Crippen molar-refractivity contribution in [2.75, 3.05) is 27.4 Å². The summed E-state index contributed by atoms with van der Waals surface area (Å²) < 4.78 is 43.6. The number of para-hydroxylation sites is 1. The Kier molecular flexibility index (Phi) is 14.8. The lowest BCUT2D eigenvalue weighted by atomic mass is 9.80. The molecule has 0 radical (unpaired) electrons. The van der Waals surface area contributed by atoms with Crippen molar-refractivity contribution in [1.29, 1.82) is 5.26 Å². The fourth-order valence-electron chi connectivity index (χ4n) is 7.99. The Morgan fingerprint density at radius 3 is 2.12 bits per heavy atom. The molecule has 1 fully saturated rings. The Hall–Kier alpha value is -6.12. The minimum Gasteiger partial charge on any atom is -0.497 e. The Bertz CT molecular complexity index is 2550. The molecule has 1 aliphatic rings. The van der Waals surface area contributed by atoms with E-state index in [-0.39, 0.29) is 61.5 Å². The molecule has 0 aliphatic carbocycles. The van der Waals surface area contributed by atoms with Gasteiger partial charge < -0.3 is 28.0 Å². The summed E-state index contributed by atoms with van der Waals surface area (Å²) in [5.74, 6) is 1.37. The molecule has 2 aromatic heterocycles. The summed E-state index contributed by atoms with van der Waals surface area (Å²) in [6.45, 7) is 8.28. The van der Waals surface area contributed by atoms with Gasteiger partial charge in [0.2, 0.25) is 0 Å². The monoisotopic (exact) mass is 890 g/mol. The van der Waals surface area contributed by atoms with Crippen LogP contribution in [0.1, 0.15) is 69.0 Å². The number of rotatable bonds is 20. The SMILES string of the molecule is COc1ccc(C(OC[C@H]2O[C@@H](n3cnc4c(=O)n(Cc5ccccc5[N+](=O)[O-])nnc43)C[C@@H]2OP(OCCC#N)N(C(C)C)C(C)C)(c2ccccc2)c2ccc(OC)cc2)cc1. The van der Waals surface area contributed by atoms with Crippen molar-refractivity contribution in [2.24, 2.45) is 0 Å². The van der Waals surface area contributed by atoms with Crippen LogP contribution in [0.4, 0.5) is 5.69 Å². The molecule has 64 heavy (non-hydrogen) atoms. The van der Waals surface area contributed by atoms with E-state index in [9.17, 15) is 20.2 Å². The van der Waals surface area contributed by atoms with E-state index in [1.807, 2.05) is 78.9 Å². The lowest BCUT2D eigenvalue weighted by Crippen LogP contribution is -2.39. The maximum Gasteiger partial charge on any atom is 0.298 e. The average molecular weight is 891 g/mol. The van der Waals surface area contributed by atoms with Gasteiger partial charge in [0, 0.05) is 24.6 Å². The van der Waals surface area contributed by atoms with Crippen LogP contribution in [0, 0.1) is 21.4 Å². The van der Waals surface area contributed by atoms with Crippen LogP contribution in [0.5, 0.6) is 11.5 Å². The zero-order valence-electron chi connectivity index (χ0n) is 36.5. The largest absolute Gasteiger partial charge is 0.497 e. The third kappa shape index (κ3) is 9.68. The molecule has 4 atom stereocenters. The molecule has 17 nitrogen and oxygen atoms in total. The van der Waals surface area contributed by atoms with E-state index in [0.29, 0.717) is 17.1 Å². The number of methoxy groups -OCH3 is 2. The molecule has 1 unspecified atom stereocenters. The van der Waals surface area contributed by atoms with Crippen molar-refractivity contribution in [3.63, 3.8) is 0 Å². The summed E-state index contributed by atoms with van der Waals surface area (Å²) in [5, 5.41) is 29.7. The minimum atomic E-state index is -1.72. The van der Waals surface area contributed by atoms with E-state index >= 15 is 0 Å². The predicted molar refractivity (Wildman–Crippen MR) is 239 cm³/mol. The van der Waals surface area contributed by atoms with Gasteiger partial charge in [-0.3, -0.25) is 19.5 Å². The summed E-state index contributed by atoms with van der Waals surface area (Å²) in [6.07, 6.45) is -0.179. The second-order valence-electron chi connectivity index (χ2n) is 15.6. The fourth-order valence-corrected chi connectivity index (χ4v) is 9.74. The first kappa shape index (κ1) is 45.9. The molecule has 0 amide bonds. The third-order valence-electron chi connectivity index (χ3n) is 11.0. The highest BCUT2D eigenvalue weighted by Crippen LogP contribution is 2.51. The van der Waals surface area contributed by atoms with Crippen molar-refractivity contribution in [2.45, 2.75) is 83.2 Å². The maximum absolute atomic E-state index is 13.8. The molecule has 1 aliphatic heterocycles. The molecule has 3 heterocycles. The van der Waals surface area contributed by atoms with E-state index in [4.69, 9.17) is 28.0 Å². The molecule has 6 aromatic rings. The fraction of sp³-hybridized carbons (Fsp3) is 0.370. The highest BCUT2D eigenvalue weighted by Gasteiger charge is 2.45. The Balaban J connectivity index is 1.29. The molecule has 0 bridgehead atoms. The first-order valence-corrected chi connectivity index (χ1v) is 22.0. The van der Waals surface area contributed by atoms with E-state index < -0.39 is 43.0 Å². The highest BCUT2D eigenvalue weighted by atomic mass is 31.2. The van der Waals surface area contributed by atoms with Crippen LogP contribution in [0.15, 0.2) is 114 Å². The molecule has 18 heteroatoms. The van der Waals surface area contributed by atoms with Crippen molar-refractivity contribution < 1.29 is 32.9 Å². The van der Waals surface area contributed by atoms with Gasteiger partial charge in [-0.25, -0.2) is 14.3 Å². The third-order valence-corrected chi connectivity index (χ3v) is 13.1. The number of ether oxygens (including phenoxy) is 4. The number of hydrogen-bond acceptors (Lipinski definition) is 14. The highest BCUT2D eigenvalue weighted by molar-refractivity contribution is 7.44. The van der Waals surface area contributed by atoms with Crippen LogP contribution in [-0.2, 0) is 30.7 Å². The number of benzene rings is 4. The Morgan fingerprint density at radius 1 is 0.922 bits per heavy atom. The van der Waals surface area contributed by atoms with Crippen LogP contribution >= 0.6 is 8.53 Å². The van der Waals surface area contributed by atoms with Gasteiger partial charge in [-0.2, -0.15) is 5.26 Å². The van der Waals surface area contributed by atoms with Gasteiger partial charge in [0.1, 0.15) is 29.4 Å². The van der Waals surface area contributed by atoms with Crippen LogP contribution in [0.2, 0.25) is 0 Å². The summed E-state index contributed by atoms with van der Waals surface area (Å²) in [6, 6.07) is 33.8. The van der Waals surface area contributed by atoms with Gasteiger partial charge in [0.25, 0.3) is 19.8 Å². The van der Waals surface area contributed by atoms with Crippen molar-refractivity contribution in [3.05, 3.63) is 152 Å². The first-order valence-electron chi connectivity index (χ1n) is 20.9. The van der Waals surface area contributed by atoms with Gasteiger partial charge in [-0.1, -0.05) is 78.0 Å². The summed E-state index contributed by atoms with van der Waals surface area (Å²) in [4.78, 5) is 29.5. The molecular weight excluding hydrogens is 840 g/mol. The topological polar surface area (TPSA) is 191 Å². The maximum atomic E-state index is 13.8. The van der Waals surface area contributed by atoms with Crippen LogP contribution < -0.4 is 15.0 Å². The Morgan fingerprint density at radius 2 is 1.53 bits per heavy atom. The lowest BCUT2D eigenvalue weighted by Gasteiger charge is -2.39. The van der Waals surface area contributed by atoms with Crippen LogP contribution in [-0.4, -0.2) is 85.9 Å². The molecule has 0 spiro atoms. The van der Waals surface area contributed by atoms with Gasteiger partial charge in [-0.05, 0) is 68.7 Å². The number of nitro benzene ring substituents is 1. The van der Waals surface area contributed by atoms with E-state index in [1.165, 1.54) is 12.4 Å². The molecule has 1 saturated heterocycles. The predicted octanol–water partition coefficient (Wildman–Crippen LogP) is 7.92. The summed E-state index contributed by atoms with van der Waals surface area (Å²) in [5.41, 5.74) is 1.12. The number of nitrogens with zero attached hydrogens (tertiary/aromatic N) is 8. The smallest absolute Gasteiger partial charge is 0.298 e. The quantitative estimate of drug-likeness (QED) is 0.0236. The van der Waals surface area contributed by atoms with Gasteiger partial charge in [0.05, 0.1) is 69.4 Å². The van der Waals surface area contributed by atoms with Crippen molar-refractivity contribution in [1.82, 2.24) is 29.2 Å². The van der Waals surface area contributed by atoms with Gasteiger partial charge in [-0.15, -0.1) is 5.10 Å². The summed E-state index contributed by atoms with van der Waals surface area (Å²) in [7, 11) is 1.52. The van der Waals surface area contributed by atoms with E-state index in [2.05, 4.69) is 53.7 Å². The molecule has 7 rings (SSSR count). The Labute approximate surface area is 372 Å². The zero-order chi connectivity index (χ0) is 45.4. The standard InChI is InChI=1S/C46H51N8O9P/c1-31(2)53(32(3)4)64(61-26-12-25-47)63-40-27-42(51-30-48-43-44(51)49-50-52(45(43)55)28-33-13-10-11-16-39(33)54(56)57)62-41(40)29-60-46(34-14-8-7-9-15-34,35-17-21-37(58-5)22-18-35)36-19-23-38(59-6)24-20-36/h7-11,13-24,30-32,40-42H,12,26-29H2,1-6H3/t40-,41+,42+,64?/m0/s1. The van der Waals surface area contributed by atoms with E-state index in [1.54, 1.807) is 37.0 Å². The van der Waals surface area contributed by atoms with Crippen LogP contribution in [0.25, 0.3) is 11.2 Å². The number of nitriles is 1. The normalized spacial score (nSPS) is 17.0. The number of hydrogen-bond donors (Lipinski definition) is 0. The van der Waals surface area contributed by atoms with Crippen molar-refractivity contribution >= 4 is 25.4 Å². The molecule has 334 valence electrons. The van der Waals surface area contributed by atoms with Crippen LogP contribution in [0.3, 0.4) is 0 Å². The second-order valence-corrected chi connectivity index (χ2v) is 17.0. The van der Waals surface area contributed by atoms with Gasteiger partial charge >= 0.3 is 0 Å². The van der Waals surface area contributed by atoms with Crippen molar-refractivity contribution in [3.8, 4) is 17.6 Å². The number of nitro groups is 1. The number of aromatic nitrogens is 5. The number of imidazole rings is 1. The van der Waals surface area contributed by atoms with Gasteiger partial charge in [0.15, 0.2) is 11.2 Å². The zero-order valence-corrected chi connectivity index (χ0v) is 37.4. The second kappa shape index (κ2) is 20.6. The first-order chi connectivity index (χ1) is 31.0. The van der Waals surface area contributed by atoms with E-state index in [0.717, 1.165) is 21.4 Å². The molecule has 0 N–H and O–H groups in total. The molecular formula is C46H51N8O9P.